The van der Waals surface area contributed by atoms with Crippen molar-refractivity contribution in [2.45, 2.75) is 49.6 Å². The summed E-state index contributed by atoms with van der Waals surface area (Å²) in [5, 5.41) is 22.1. The number of unbranched alkanes of at least 4 members (excludes halogenated alkanes) is 2. The molecule has 2 rings (SSSR count). The Morgan fingerprint density at radius 1 is 0.885 bits per heavy atom. The van der Waals surface area contributed by atoms with E-state index in [2.05, 4.69) is 45.1 Å². The second kappa shape index (κ2) is 10.8. The zero-order valence-electron chi connectivity index (χ0n) is 14.7. The van der Waals surface area contributed by atoms with E-state index < -0.39 is 0 Å². The normalized spacial score (nSPS) is 10.7. The van der Waals surface area contributed by atoms with Crippen molar-refractivity contribution in [2.24, 2.45) is 0 Å². The number of nitrogens with zero attached hydrogens (tertiary/aromatic N) is 6. The average molecular weight is 399 g/mol. The first-order valence-electron chi connectivity index (χ1n) is 8.39. The van der Waals surface area contributed by atoms with E-state index in [1.807, 2.05) is 0 Å². The summed E-state index contributed by atoms with van der Waals surface area (Å²) in [6.07, 6.45) is 6.93. The second-order valence-electron chi connectivity index (χ2n) is 5.34. The molecule has 0 saturated heterocycles. The molecule has 2 aromatic heterocycles. The minimum atomic E-state index is -0.308. The van der Waals surface area contributed by atoms with E-state index in [-0.39, 0.29) is 12.1 Å². The molecular formula is C14H22N8O2S2. The molecule has 0 radical (unpaired) electrons. The van der Waals surface area contributed by atoms with E-state index in [1.165, 1.54) is 21.6 Å². The van der Waals surface area contributed by atoms with Crippen molar-refractivity contribution in [1.82, 2.24) is 40.6 Å². The first-order valence-corrected chi connectivity index (χ1v) is 10.5. The Kier molecular flexibility index (Phi) is 8.41. The molecule has 2 heterocycles. The summed E-state index contributed by atoms with van der Waals surface area (Å²) in [5.74, 6) is 0. The molecule has 0 saturated carbocycles. The van der Waals surface area contributed by atoms with Crippen molar-refractivity contribution in [1.29, 1.82) is 0 Å². The fraction of sp³-hybridized carbons (Fsp3) is 0.571. The minimum Gasteiger partial charge on any atom is -0.336 e. The van der Waals surface area contributed by atoms with Crippen molar-refractivity contribution in [3.63, 3.8) is 0 Å². The maximum absolute atomic E-state index is 11.9. The highest BCUT2D eigenvalue weighted by molar-refractivity contribution is 8.76. The van der Waals surface area contributed by atoms with Crippen LogP contribution in [0.5, 0.6) is 0 Å². The minimum absolute atomic E-state index is 0.308. The topological polar surface area (TPSA) is 120 Å². The van der Waals surface area contributed by atoms with Gasteiger partial charge in [-0.3, -0.25) is 0 Å². The van der Waals surface area contributed by atoms with E-state index in [4.69, 9.17) is 0 Å². The molecule has 0 aliphatic carbocycles. The summed E-state index contributed by atoms with van der Waals surface area (Å²) in [6.45, 7) is 5.32. The fourth-order valence-corrected chi connectivity index (χ4v) is 3.33. The largest absolute Gasteiger partial charge is 0.343 e. The van der Waals surface area contributed by atoms with Crippen LogP contribution >= 0.6 is 21.6 Å². The second-order valence-corrected chi connectivity index (χ2v) is 7.51. The van der Waals surface area contributed by atoms with Crippen molar-refractivity contribution in [3.8, 4) is 0 Å². The molecule has 0 bridgehead atoms. The Bertz CT molecular complexity index is 657. The molecule has 142 valence electrons. The highest BCUT2D eigenvalue weighted by Crippen LogP contribution is 2.34. The summed E-state index contributed by atoms with van der Waals surface area (Å²) in [5.41, 5.74) is 0. The monoisotopic (exact) mass is 398 g/mol. The molecule has 12 heteroatoms. The molecule has 0 fully saturated rings. The highest BCUT2D eigenvalue weighted by Gasteiger charge is 2.12. The number of hydrogen-bond acceptors (Lipinski definition) is 8. The van der Waals surface area contributed by atoms with Gasteiger partial charge in [-0.2, -0.15) is 9.36 Å². The first kappa shape index (κ1) is 20.2. The summed E-state index contributed by atoms with van der Waals surface area (Å²) in [6, 6.07) is -0.616. The molecule has 26 heavy (non-hydrogen) atoms. The van der Waals surface area contributed by atoms with Crippen LogP contribution < -0.4 is 10.6 Å². The van der Waals surface area contributed by atoms with Crippen molar-refractivity contribution in [2.75, 3.05) is 13.1 Å². The van der Waals surface area contributed by atoms with Gasteiger partial charge in [-0.1, -0.05) is 37.1 Å². The van der Waals surface area contributed by atoms with Gasteiger partial charge in [-0.15, -0.1) is 10.2 Å². The summed E-state index contributed by atoms with van der Waals surface area (Å²) < 4.78 is 2.33. The Balaban J connectivity index is 1.80. The Labute approximate surface area is 159 Å². The van der Waals surface area contributed by atoms with Crippen LogP contribution in [0.3, 0.4) is 0 Å². The van der Waals surface area contributed by atoms with Crippen molar-refractivity contribution in [3.05, 3.63) is 12.4 Å². The van der Waals surface area contributed by atoms with Gasteiger partial charge in [-0.05, 0) is 34.4 Å². The molecule has 10 nitrogen and oxygen atoms in total. The van der Waals surface area contributed by atoms with Crippen LogP contribution in [-0.2, 0) is 0 Å². The van der Waals surface area contributed by atoms with E-state index >= 15 is 0 Å². The summed E-state index contributed by atoms with van der Waals surface area (Å²) in [4.78, 5) is 23.7. The number of carbonyl (C=O) groups excluding carboxylic acids is 2. The number of hydrogen-bond donors (Lipinski definition) is 2. The van der Waals surface area contributed by atoms with E-state index in [0.717, 1.165) is 35.0 Å². The summed E-state index contributed by atoms with van der Waals surface area (Å²) in [7, 11) is 2.56. The molecule has 2 N–H and O–H groups in total. The van der Waals surface area contributed by atoms with Crippen LogP contribution in [-0.4, -0.2) is 55.1 Å². The van der Waals surface area contributed by atoms with E-state index in [1.54, 1.807) is 12.4 Å². The first-order chi connectivity index (χ1) is 12.6. The molecule has 0 atom stereocenters. The number of rotatable bonds is 9. The van der Waals surface area contributed by atoms with Gasteiger partial charge in [0.05, 0.1) is 12.4 Å². The number of carbonyl (C=O) groups is 2. The standard InChI is InChI=1S/C14H22N8O2S2/c1-3-5-7-15-13(23)21-9-11(17-19-21)25-26-12-10-22(20-18-12)14(24)16-8-6-4-2/h9-10H,3-8H2,1-2H3,(H,15,23)(H,16,24). The molecule has 0 unspecified atom stereocenters. The van der Waals surface area contributed by atoms with Gasteiger partial charge in [0.25, 0.3) is 0 Å². The molecule has 0 spiro atoms. The Morgan fingerprint density at radius 2 is 1.31 bits per heavy atom. The van der Waals surface area contributed by atoms with Crippen molar-refractivity contribution >= 4 is 33.7 Å². The lowest BCUT2D eigenvalue weighted by Gasteiger charge is -2.01. The predicted octanol–water partition coefficient (Wildman–Crippen LogP) is 2.38. The third-order valence-electron chi connectivity index (χ3n) is 3.19. The molecule has 2 aromatic rings. The van der Waals surface area contributed by atoms with Gasteiger partial charge in [0.2, 0.25) is 0 Å². The number of nitrogens with one attached hydrogen (secondary N) is 2. The molecule has 2 amide bonds. The van der Waals surface area contributed by atoms with Gasteiger partial charge >= 0.3 is 12.1 Å². The lowest BCUT2D eigenvalue weighted by molar-refractivity contribution is 0.238. The van der Waals surface area contributed by atoms with Gasteiger partial charge in [0.15, 0.2) is 0 Å². The fourth-order valence-electron chi connectivity index (χ4n) is 1.76. The quantitative estimate of drug-likeness (QED) is 0.488. The zero-order valence-corrected chi connectivity index (χ0v) is 16.3. The maximum atomic E-state index is 11.9. The predicted molar refractivity (Wildman–Crippen MR) is 99.2 cm³/mol. The highest BCUT2D eigenvalue weighted by atomic mass is 33.1. The van der Waals surface area contributed by atoms with Crippen LogP contribution in [0.15, 0.2) is 22.4 Å². The maximum Gasteiger partial charge on any atom is 0.343 e. The van der Waals surface area contributed by atoms with Crippen LogP contribution in [0.2, 0.25) is 0 Å². The average Bonchev–Trinajstić information content (AvgIpc) is 3.30. The zero-order chi connectivity index (χ0) is 18.8. The number of amides is 2. The van der Waals surface area contributed by atoms with Crippen LogP contribution in [0.1, 0.15) is 39.5 Å². The van der Waals surface area contributed by atoms with Gasteiger partial charge in [0, 0.05) is 13.1 Å². The third-order valence-corrected chi connectivity index (χ3v) is 5.26. The van der Waals surface area contributed by atoms with E-state index in [9.17, 15) is 9.59 Å². The van der Waals surface area contributed by atoms with Gasteiger partial charge in [-0.25, -0.2) is 9.59 Å². The smallest absolute Gasteiger partial charge is 0.336 e. The van der Waals surface area contributed by atoms with E-state index in [0.29, 0.717) is 23.1 Å². The van der Waals surface area contributed by atoms with Crippen LogP contribution in [0.25, 0.3) is 0 Å². The number of aromatic nitrogens is 6. The Morgan fingerprint density at radius 3 is 1.69 bits per heavy atom. The van der Waals surface area contributed by atoms with Crippen LogP contribution in [0.4, 0.5) is 9.59 Å². The lowest BCUT2D eigenvalue weighted by Crippen LogP contribution is -2.29. The summed E-state index contributed by atoms with van der Waals surface area (Å²) >= 11 is 0. The third kappa shape index (κ3) is 6.33. The lowest BCUT2D eigenvalue weighted by atomic mass is 10.3. The van der Waals surface area contributed by atoms with Gasteiger partial charge < -0.3 is 10.6 Å². The molecule has 0 aliphatic rings. The molecule has 0 aliphatic heterocycles. The Hall–Kier alpha value is -2.08. The molecular weight excluding hydrogens is 376 g/mol. The SMILES string of the molecule is CCCCNC(=O)n1cc(SSc2cn(C(=O)NCCCC)nn2)nn1. The van der Waals surface area contributed by atoms with Gasteiger partial charge in [0.1, 0.15) is 10.1 Å². The van der Waals surface area contributed by atoms with Crippen LogP contribution in [0, 0.1) is 0 Å². The van der Waals surface area contributed by atoms with Crippen molar-refractivity contribution < 1.29 is 9.59 Å². The molecule has 0 aromatic carbocycles.